The Labute approximate surface area is 141 Å². The van der Waals surface area contributed by atoms with Gasteiger partial charge in [0.15, 0.2) is 0 Å². The molecule has 1 heterocycles. The van der Waals surface area contributed by atoms with Crippen molar-refractivity contribution in [1.29, 1.82) is 0 Å². The first kappa shape index (κ1) is 15.8. The van der Waals surface area contributed by atoms with Crippen LogP contribution in [0.2, 0.25) is 5.02 Å². The number of anilines is 1. The van der Waals surface area contributed by atoms with Gasteiger partial charge in [-0.3, -0.25) is 4.79 Å². The number of nitrogen functional groups attached to an aromatic ring is 1. The van der Waals surface area contributed by atoms with Gasteiger partial charge in [-0.05, 0) is 30.8 Å². The summed E-state index contributed by atoms with van der Waals surface area (Å²) >= 11 is 6.23. The monoisotopic (exact) mass is 329 g/mol. The van der Waals surface area contributed by atoms with Gasteiger partial charge in [0, 0.05) is 25.3 Å². The summed E-state index contributed by atoms with van der Waals surface area (Å²) < 4.78 is 0. The zero-order valence-electron chi connectivity index (χ0n) is 13.1. The van der Waals surface area contributed by atoms with Crippen LogP contribution in [0.4, 0.5) is 5.69 Å². The minimum Gasteiger partial charge on any atom is -0.399 e. The van der Waals surface area contributed by atoms with E-state index in [-0.39, 0.29) is 11.9 Å². The summed E-state index contributed by atoms with van der Waals surface area (Å²) in [4.78, 5) is 17.2. The van der Waals surface area contributed by atoms with Crippen LogP contribution in [0.5, 0.6) is 0 Å². The Balaban J connectivity index is 1.93. The molecular weight excluding hydrogens is 310 g/mol. The molecule has 1 aliphatic heterocycles. The molecule has 1 atom stereocenters. The second-order valence-corrected chi connectivity index (χ2v) is 6.33. The number of hydrogen-bond acceptors (Lipinski definition) is 3. The lowest BCUT2D eigenvalue weighted by Crippen LogP contribution is -2.49. The zero-order valence-corrected chi connectivity index (χ0v) is 13.8. The number of rotatable bonds is 2. The van der Waals surface area contributed by atoms with Crippen molar-refractivity contribution >= 4 is 23.2 Å². The van der Waals surface area contributed by atoms with E-state index in [1.54, 1.807) is 18.2 Å². The molecule has 1 amide bonds. The van der Waals surface area contributed by atoms with Gasteiger partial charge < -0.3 is 15.5 Å². The van der Waals surface area contributed by atoms with Crippen molar-refractivity contribution in [1.82, 2.24) is 9.80 Å². The Morgan fingerprint density at radius 1 is 1.17 bits per heavy atom. The molecule has 120 valence electrons. The van der Waals surface area contributed by atoms with Gasteiger partial charge in [0.2, 0.25) is 0 Å². The highest BCUT2D eigenvalue weighted by molar-refractivity contribution is 6.34. The number of carbonyl (C=O) groups is 1. The third kappa shape index (κ3) is 3.33. The van der Waals surface area contributed by atoms with Crippen LogP contribution in [0, 0.1) is 0 Å². The Morgan fingerprint density at radius 3 is 2.61 bits per heavy atom. The molecule has 1 aliphatic rings. The van der Waals surface area contributed by atoms with Gasteiger partial charge in [0.25, 0.3) is 5.91 Å². The average Bonchev–Trinajstić information content (AvgIpc) is 2.55. The van der Waals surface area contributed by atoms with Crippen LogP contribution in [0.3, 0.4) is 0 Å². The molecule has 2 aromatic rings. The quantitative estimate of drug-likeness (QED) is 0.861. The Bertz CT molecular complexity index is 705. The van der Waals surface area contributed by atoms with Crippen LogP contribution < -0.4 is 5.73 Å². The molecule has 1 unspecified atom stereocenters. The fraction of sp³-hybridized carbons (Fsp3) is 0.278. The number of likely N-dealkylation sites (N-methyl/N-ethyl adjacent to an activating group) is 1. The highest BCUT2D eigenvalue weighted by atomic mass is 35.5. The van der Waals surface area contributed by atoms with Gasteiger partial charge in [-0.25, -0.2) is 0 Å². The normalized spacial score (nSPS) is 18.9. The van der Waals surface area contributed by atoms with E-state index in [0.29, 0.717) is 22.8 Å². The number of nitrogens with two attached hydrogens (primary N) is 1. The third-order valence-electron chi connectivity index (χ3n) is 4.25. The lowest BCUT2D eigenvalue weighted by atomic mass is 10.0. The number of amides is 1. The molecule has 0 saturated carbocycles. The van der Waals surface area contributed by atoms with E-state index >= 15 is 0 Å². The van der Waals surface area contributed by atoms with E-state index in [1.807, 2.05) is 23.1 Å². The van der Waals surface area contributed by atoms with E-state index < -0.39 is 0 Å². The van der Waals surface area contributed by atoms with Crippen LogP contribution in [0.1, 0.15) is 22.0 Å². The Hall–Kier alpha value is -2.04. The summed E-state index contributed by atoms with van der Waals surface area (Å²) in [7, 11) is 2.08. The van der Waals surface area contributed by atoms with Crippen molar-refractivity contribution in [3.8, 4) is 0 Å². The van der Waals surface area contributed by atoms with Crippen LogP contribution in [-0.2, 0) is 0 Å². The van der Waals surface area contributed by atoms with Gasteiger partial charge in [0.1, 0.15) is 0 Å². The first-order chi connectivity index (χ1) is 11.1. The molecule has 0 bridgehead atoms. The lowest BCUT2D eigenvalue weighted by molar-refractivity contribution is 0.0498. The van der Waals surface area contributed by atoms with Crippen molar-refractivity contribution < 1.29 is 4.79 Å². The topological polar surface area (TPSA) is 49.6 Å². The predicted octanol–water partition coefficient (Wildman–Crippen LogP) is 3.05. The van der Waals surface area contributed by atoms with Crippen molar-refractivity contribution in [2.45, 2.75) is 6.04 Å². The molecule has 0 radical (unpaired) electrons. The van der Waals surface area contributed by atoms with Crippen molar-refractivity contribution in [3.63, 3.8) is 0 Å². The molecule has 2 aromatic carbocycles. The van der Waals surface area contributed by atoms with E-state index in [1.165, 1.54) is 0 Å². The van der Waals surface area contributed by atoms with E-state index in [9.17, 15) is 4.79 Å². The summed E-state index contributed by atoms with van der Waals surface area (Å²) in [6.45, 7) is 2.33. The Kier molecular flexibility index (Phi) is 4.55. The highest BCUT2D eigenvalue weighted by Gasteiger charge is 2.31. The minimum absolute atomic E-state index is 0.0241. The summed E-state index contributed by atoms with van der Waals surface area (Å²) in [5.41, 5.74) is 7.93. The van der Waals surface area contributed by atoms with Crippen LogP contribution >= 0.6 is 11.6 Å². The number of benzene rings is 2. The number of halogens is 1. The lowest BCUT2D eigenvalue weighted by Gasteiger charge is -2.40. The van der Waals surface area contributed by atoms with Crippen LogP contribution in [0.15, 0.2) is 48.5 Å². The van der Waals surface area contributed by atoms with E-state index in [0.717, 1.165) is 18.7 Å². The molecule has 0 spiro atoms. The number of hydrogen-bond donors (Lipinski definition) is 1. The van der Waals surface area contributed by atoms with Crippen LogP contribution in [-0.4, -0.2) is 42.4 Å². The summed E-state index contributed by atoms with van der Waals surface area (Å²) in [6.07, 6.45) is 0. The maximum absolute atomic E-state index is 13.0. The summed E-state index contributed by atoms with van der Waals surface area (Å²) in [6, 6.07) is 15.2. The predicted molar refractivity (Wildman–Crippen MR) is 93.6 cm³/mol. The average molecular weight is 330 g/mol. The number of nitrogens with zero attached hydrogens (tertiary/aromatic N) is 2. The van der Waals surface area contributed by atoms with Gasteiger partial charge in [-0.15, -0.1) is 0 Å². The maximum Gasteiger partial charge on any atom is 0.255 e. The van der Waals surface area contributed by atoms with Gasteiger partial charge in [-0.1, -0.05) is 41.9 Å². The fourth-order valence-corrected chi connectivity index (χ4v) is 3.25. The summed E-state index contributed by atoms with van der Waals surface area (Å²) in [5, 5.41) is 0.403. The molecule has 1 saturated heterocycles. The second kappa shape index (κ2) is 6.60. The smallest absolute Gasteiger partial charge is 0.255 e. The van der Waals surface area contributed by atoms with Crippen molar-refractivity contribution in [2.75, 3.05) is 32.4 Å². The van der Waals surface area contributed by atoms with Gasteiger partial charge in [-0.2, -0.15) is 0 Å². The fourth-order valence-electron chi connectivity index (χ4n) is 2.98. The van der Waals surface area contributed by atoms with E-state index in [2.05, 4.69) is 24.1 Å². The highest BCUT2D eigenvalue weighted by Crippen LogP contribution is 2.29. The molecule has 0 aromatic heterocycles. The standard InChI is InChI=1S/C18H20ClN3O/c1-21-9-10-22(17(12-21)13-5-3-2-4-6-13)18(23)15-8-7-14(20)11-16(15)19/h2-8,11,17H,9-10,12,20H2,1H3. The number of carbonyl (C=O) groups excluding carboxylic acids is 1. The second-order valence-electron chi connectivity index (χ2n) is 5.93. The molecule has 4 nitrogen and oxygen atoms in total. The van der Waals surface area contributed by atoms with Crippen molar-refractivity contribution in [3.05, 3.63) is 64.7 Å². The molecule has 0 aliphatic carbocycles. The van der Waals surface area contributed by atoms with Crippen molar-refractivity contribution in [2.24, 2.45) is 0 Å². The van der Waals surface area contributed by atoms with E-state index in [4.69, 9.17) is 17.3 Å². The molecule has 5 heteroatoms. The Morgan fingerprint density at radius 2 is 1.91 bits per heavy atom. The first-order valence-corrected chi connectivity index (χ1v) is 8.03. The minimum atomic E-state index is -0.0445. The van der Waals surface area contributed by atoms with Gasteiger partial charge >= 0.3 is 0 Å². The van der Waals surface area contributed by atoms with Gasteiger partial charge in [0.05, 0.1) is 16.6 Å². The number of piperazine rings is 1. The largest absolute Gasteiger partial charge is 0.399 e. The molecule has 3 rings (SSSR count). The zero-order chi connectivity index (χ0) is 16.4. The first-order valence-electron chi connectivity index (χ1n) is 7.66. The third-order valence-corrected chi connectivity index (χ3v) is 4.56. The molecule has 23 heavy (non-hydrogen) atoms. The maximum atomic E-state index is 13.0. The van der Waals surface area contributed by atoms with Crippen LogP contribution in [0.25, 0.3) is 0 Å². The summed E-state index contributed by atoms with van der Waals surface area (Å²) in [5.74, 6) is -0.0445. The SMILES string of the molecule is CN1CCN(C(=O)c2ccc(N)cc2Cl)C(c2ccccc2)C1. The molecule has 1 fully saturated rings. The molecular formula is C18H20ClN3O. The molecule has 2 N–H and O–H groups in total.